The zero-order valence-electron chi connectivity index (χ0n) is 7.30. The molecule has 0 aliphatic rings. The van der Waals surface area contributed by atoms with E-state index in [1.165, 1.54) is 6.92 Å². The average molecular weight is 240 g/mol. The summed E-state index contributed by atoms with van der Waals surface area (Å²) in [4.78, 5) is 10.8. The summed E-state index contributed by atoms with van der Waals surface area (Å²) < 4.78 is 0.969. The molecule has 0 atom stereocenters. The Bertz CT molecular complexity index is 347. The summed E-state index contributed by atoms with van der Waals surface area (Å²) in [5.74, 6) is -0.0783. The zero-order chi connectivity index (χ0) is 9.84. The maximum atomic E-state index is 10.8. The van der Waals surface area contributed by atoms with Gasteiger partial charge in [0.1, 0.15) is 0 Å². The van der Waals surface area contributed by atoms with E-state index < -0.39 is 0 Å². The second-order valence-corrected chi connectivity index (χ2v) is 3.53. The Labute approximate surface area is 85.8 Å². The van der Waals surface area contributed by atoms with Crippen LogP contribution in [0, 0.1) is 0 Å². The van der Waals surface area contributed by atoms with Gasteiger partial charge in [0.15, 0.2) is 0 Å². The summed E-state index contributed by atoms with van der Waals surface area (Å²) in [7, 11) is 0. The van der Waals surface area contributed by atoms with Crippen molar-refractivity contribution in [3.05, 3.63) is 34.8 Å². The molecule has 0 heterocycles. The molecule has 0 saturated carbocycles. The number of anilines is 1. The number of halogens is 1. The first-order valence-corrected chi connectivity index (χ1v) is 4.62. The highest BCUT2D eigenvalue weighted by atomic mass is 79.9. The normalized spacial score (nSPS) is 9.38. The molecule has 0 aromatic heterocycles. The second-order valence-electron chi connectivity index (χ2n) is 2.62. The van der Waals surface area contributed by atoms with Crippen LogP contribution < -0.4 is 5.32 Å². The van der Waals surface area contributed by atoms with Crippen LogP contribution in [0.15, 0.2) is 29.3 Å². The molecule has 0 bridgehead atoms. The van der Waals surface area contributed by atoms with Crippen molar-refractivity contribution in [1.82, 2.24) is 0 Å². The summed E-state index contributed by atoms with van der Waals surface area (Å²) in [5.41, 5.74) is 1.69. The molecule has 0 aliphatic heterocycles. The Hall–Kier alpha value is -1.09. The SMILES string of the molecule is C=Cc1cc(Br)ccc1NC(C)=O. The molecule has 0 spiro atoms. The highest BCUT2D eigenvalue weighted by Gasteiger charge is 2.00. The van der Waals surface area contributed by atoms with Gasteiger partial charge in [-0.3, -0.25) is 4.79 Å². The van der Waals surface area contributed by atoms with E-state index in [-0.39, 0.29) is 5.91 Å². The summed E-state index contributed by atoms with van der Waals surface area (Å²) in [5, 5.41) is 2.72. The van der Waals surface area contributed by atoms with Crippen LogP contribution >= 0.6 is 15.9 Å². The van der Waals surface area contributed by atoms with Crippen molar-refractivity contribution >= 4 is 33.6 Å². The van der Waals surface area contributed by atoms with E-state index >= 15 is 0 Å². The van der Waals surface area contributed by atoms with Gasteiger partial charge < -0.3 is 5.32 Å². The van der Waals surface area contributed by atoms with Crippen molar-refractivity contribution in [2.24, 2.45) is 0 Å². The highest BCUT2D eigenvalue weighted by Crippen LogP contribution is 2.21. The number of hydrogen-bond acceptors (Lipinski definition) is 1. The Morgan fingerprint density at radius 3 is 2.85 bits per heavy atom. The van der Waals surface area contributed by atoms with Crippen LogP contribution in [0.4, 0.5) is 5.69 Å². The van der Waals surface area contributed by atoms with Crippen molar-refractivity contribution in [1.29, 1.82) is 0 Å². The van der Waals surface area contributed by atoms with Crippen LogP contribution in [0.25, 0.3) is 6.08 Å². The molecule has 0 fully saturated rings. The number of carbonyl (C=O) groups is 1. The van der Waals surface area contributed by atoms with Crippen LogP contribution in [-0.2, 0) is 4.79 Å². The fraction of sp³-hybridized carbons (Fsp3) is 0.100. The fourth-order valence-corrected chi connectivity index (χ4v) is 1.38. The van der Waals surface area contributed by atoms with Crippen molar-refractivity contribution in [2.75, 3.05) is 5.32 Å². The summed E-state index contributed by atoms with van der Waals surface area (Å²) >= 11 is 3.34. The molecule has 0 saturated heterocycles. The number of nitrogens with one attached hydrogen (secondary N) is 1. The molecule has 1 rings (SSSR count). The van der Waals surface area contributed by atoms with E-state index in [1.54, 1.807) is 6.08 Å². The Morgan fingerprint density at radius 2 is 2.31 bits per heavy atom. The van der Waals surface area contributed by atoms with Crippen LogP contribution in [0.3, 0.4) is 0 Å². The summed E-state index contributed by atoms with van der Waals surface area (Å²) in [6, 6.07) is 5.61. The number of carbonyl (C=O) groups excluding carboxylic acids is 1. The van der Waals surface area contributed by atoms with Crippen LogP contribution in [0.5, 0.6) is 0 Å². The van der Waals surface area contributed by atoms with Gasteiger partial charge in [-0.25, -0.2) is 0 Å². The lowest BCUT2D eigenvalue weighted by Gasteiger charge is -2.06. The summed E-state index contributed by atoms with van der Waals surface area (Å²) in [6.07, 6.45) is 1.70. The van der Waals surface area contributed by atoms with Gasteiger partial charge in [-0.15, -0.1) is 0 Å². The molecule has 1 N–H and O–H groups in total. The van der Waals surface area contributed by atoms with E-state index in [0.29, 0.717) is 0 Å². The quantitative estimate of drug-likeness (QED) is 0.845. The van der Waals surface area contributed by atoms with Gasteiger partial charge in [0.05, 0.1) is 0 Å². The predicted molar refractivity (Wildman–Crippen MR) is 58.5 cm³/mol. The van der Waals surface area contributed by atoms with Gasteiger partial charge in [-0.1, -0.05) is 28.6 Å². The molecule has 3 heteroatoms. The van der Waals surface area contributed by atoms with Crippen LogP contribution in [0.2, 0.25) is 0 Å². The number of hydrogen-bond donors (Lipinski definition) is 1. The predicted octanol–water partition coefficient (Wildman–Crippen LogP) is 3.05. The standard InChI is InChI=1S/C10H10BrNO/c1-3-8-6-9(11)4-5-10(8)12-7(2)13/h3-6H,1H2,2H3,(H,12,13). The molecule has 1 amide bonds. The van der Waals surface area contributed by atoms with Crippen molar-refractivity contribution < 1.29 is 4.79 Å². The molecule has 68 valence electrons. The van der Waals surface area contributed by atoms with E-state index in [0.717, 1.165) is 15.7 Å². The maximum absolute atomic E-state index is 10.8. The average Bonchev–Trinajstić information content (AvgIpc) is 2.07. The molecule has 0 unspecified atom stereocenters. The molecule has 1 aromatic rings. The van der Waals surface area contributed by atoms with Crippen molar-refractivity contribution in [2.45, 2.75) is 6.92 Å². The first-order chi connectivity index (χ1) is 6.13. The third kappa shape index (κ3) is 2.70. The second kappa shape index (κ2) is 4.23. The highest BCUT2D eigenvalue weighted by molar-refractivity contribution is 9.10. The fourth-order valence-electron chi connectivity index (χ4n) is 1.01. The van der Waals surface area contributed by atoms with Gasteiger partial charge in [0.25, 0.3) is 0 Å². The number of rotatable bonds is 2. The van der Waals surface area contributed by atoms with Gasteiger partial charge in [-0.2, -0.15) is 0 Å². The van der Waals surface area contributed by atoms with E-state index in [4.69, 9.17) is 0 Å². The smallest absolute Gasteiger partial charge is 0.221 e. The lowest BCUT2D eigenvalue weighted by Crippen LogP contribution is -2.06. The number of amides is 1. The lowest BCUT2D eigenvalue weighted by molar-refractivity contribution is -0.114. The molecule has 13 heavy (non-hydrogen) atoms. The first kappa shape index (κ1) is 9.99. The topological polar surface area (TPSA) is 29.1 Å². The van der Waals surface area contributed by atoms with Crippen molar-refractivity contribution in [3.63, 3.8) is 0 Å². The Morgan fingerprint density at radius 1 is 1.62 bits per heavy atom. The molecule has 0 aliphatic carbocycles. The van der Waals surface area contributed by atoms with Gasteiger partial charge >= 0.3 is 0 Å². The molecule has 2 nitrogen and oxygen atoms in total. The van der Waals surface area contributed by atoms with Gasteiger partial charge in [0, 0.05) is 17.1 Å². The van der Waals surface area contributed by atoms with Crippen LogP contribution in [-0.4, -0.2) is 5.91 Å². The molecule has 1 aromatic carbocycles. The maximum Gasteiger partial charge on any atom is 0.221 e. The minimum atomic E-state index is -0.0783. The van der Waals surface area contributed by atoms with Crippen molar-refractivity contribution in [3.8, 4) is 0 Å². The van der Waals surface area contributed by atoms with E-state index in [1.807, 2.05) is 18.2 Å². The Kier molecular flexibility index (Phi) is 3.25. The largest absolute Gasteiger partial charge is 0.326 e. The molecule has 0 radical (unpaired) electrons. The minimum Gasteiger partial charge on any atom is -0.326 e. The van der Waals surface area contributed by atoms with Gasteiger partial charge in [-0.05, 0) is 23.8 Å². The van der Waals surface area contributed by atoms with Gasteiger partial charge in [0.2, 0.25) is 5.91 Å². The number of benzene rings is 1. The molecular weight excluding hydrogens is 230 g/mol. The monoisotopic (exact) mass is 239 g/mol. The third-order valence-electron chi connectivity index (χ3n) is 1.54. The van der Waals surface area contributed by atoms with Crippen LogP contribution in [0.1, 0.15) is 12.5 Å². The first-order valence-electron chi connectivity index (χ1n) is 3.83. The zero-order valence-corrected chi connectivity index (χ0v) is 8.89. The minimum absolute atomic E-state index is 0.0783. The molecular formula is C10H10BrNO. The van der Waals surface area contributed by atoms with E-state index in [9.17, 15) is 4.79 Å². The lowest BCUT2D eigenvalue weighted by atomic mass is 10.2. The van der Waals surface area contributed by atoms with E-state index in [2.05, 4.69) is 27.8 Å². The Balaban J connectivity index is 3.05. The third-order valence-corrected chi connectivity index (χ3v) is 2.04. The summed E-state index contributed by atoms with van der Waals surface area (Å²) in [6.45, 7) is 5.15.